The quantitative estimate of drug-likeness (QED) is 0.606. The average Bonchev–Trinajstić information content (AvgIpc) is 2.87. The molecule has 5 rings (SSSR count). The molecule has 180 valence electrons. The monoisotopic (exact) mass is 475 g/mol. The first-order valence-electron chi connectivity index (χ1n) is 11.1. The second-order valence-electron chi connectivity index (χ2n) is 8.47. The normalized spacial score (nSPS) is 15.5. The summed E-state index contributed by atoms with van der Waals surface area (Å²) in [5, 5.41) is 3.25. The summed E-state index contributed by atoms with van der Waals surface area (Å²) in [7, 11) is 4.78. The number of carbonyl (C=O) groups excluding carboxylic acids is 2. The minimum absolute atomic E-state index is 0.0812. The number of hydrogen-bond acceptors (Lipinski definition) is 8. The number of methoxy groups -OCH3 is 1. The molecule has 2 aliphatic heterocycles. The Morgan fingerprint density at radius 3 is 2.74 bits per heavy atom. The van der Waals surface area contributed by atoms with Crippen LogP contribution in [0.25, 0.3) is 11.1 Å². The number of nitrogens with zero attached hydrogens (tertiary/aromatic N) is 4. The highest BCUT2D eigenvalue weighted by Gasteiger charge is 2.27. The molecule has 0 saturated carbocycles. The van der Waals surface area contributed by atoms with Crippen LogP contribution in [0.1, 0.15) is 28.9 Å². The van der Waals surface area contributed by atoms with Gasteiger partial charge in [-0.25, -0.2) is 14.8 Å². The SMILES string of the molecule is COC(=O)N1CCOc2ncc(Nc3cc4c(cn3)-c3ccc(C(=O)N(C)C)cc3OC4C)cc21. The molecule has 0 radical (unpaired) electrons. The van der Waals surface area contributed by atoms with E-state index < -0.39 is 6.09 Å². The smallest absolute Gasteiger partial charge is 0.414 e. The lowest BCUT2D eigenvalue weighted by Gasteiger charge is -2.28. The molecule has 2 amide bonds. The number of hydrogen-bond donors (Lipinski definition) is 1. The standard InChI is InChI=1S/C25H25N5O5/c1-14-18-11-22(28-16-10-20-23(27-12-16)34-8-7-30(20)25(32)33-4)26-13-19(18)17-6-5-15(9-21(17)35-14)24(31)29(2)3/h5-6,9-14H,7-8H2,1-4H3,(H,26,28). The van der Waals surface area contributed by atoms with Gasteiger partial charge >= 0.3 is 6.09 Å². The molecular formula is C25H25N5O5. The van der Waals surface area contributed by atoms with E-state index in [-0.39, 0.29) is 12.0 Å². The van der Waals surface area contributed by atoms with Gasteiger partial charge in [0, 0.05) is 42.5 Å². The van der Waals surface area contributed by atoms with Crippen LogP contribution in [0.5, 0.6) is 11.6 Å². The van der Waals surface area contributed by atoms with Gasteiger partial charge in [-0.3, -0.25) is 9.69 Å². The van der Waals surface area contributed by atoms with Crippen LogP contribution < -0.4 is 19.7 Å². The highest BCUT2D eigenvalue weighted by atomic mass is 16.5. The van der Waals surface area contributed by atoms with Crippen molar-refractivity contribution >= 4 is 29.2 Å². The zero-order valence-electron chi connectivity index (χ0n) is 19.9. The van der Waals surface area contributed by atoms with Gasteiger partial charge in [-0.05, 0) is 37.3 Å². The third-order valence-corrected chi connectivity index (χ3v) is 5.95. The number of rotatable bonds is 3. The topological polar surface area (TPSA) is 106 Å². The summed E-state index contributed by atoms with van der Waals surface area (Å²) >= 11 is 0. The molecule has 0 fully saturated rings. The highest BCUT2D eigenvalue weighted by molar-refractivity contribution is 5.95. The Hall–Kier alpha value is -4.34. The van der Waals surface area contributed by atoms with Crippen molar-refractivity contribution in [2.24, 2.45) is 0 Å². The molecule has 2 aliphatic rings. The summed E-state index contributed by atoms with van der Waals surface area (Å²) < 4.78 is 16.6. The first-order chi connectivity index (χ1) is 16.9. The van der Waals surface area contributed by atoms with Crippen molar-refractivity contribution < 1.29 is 23.8 Å². The minimum Gasteiger partial charge on any atom is -0.485 e. The molecule has 1 N–H and O–H groups in total. The van der Waals surface area contributed by atoms with Crippen LogP contribution in [0.4, 0.5) is 22.0 Å². The fourth-order valence-electron chi connectivity index (χ4n) is 4.20. The fourth-order valence-corrected chi connectivity index (χ4v) is 4.20. The van der Waals surface area contributed by atoms with Crippen LogP contribution in [0.3, 0.4) is 0 Å². The third-order valence-electron chi connectivity index (χ3n) is 5.95. The van der Waals surface area contributed by atoms with Crippen molar-refractivity contribution in [3.63, 3.8) is 0 Å². The Kier molecular flexibility index (Phi) is 5.64. The number of fused-ring (bicyclic) bond motifs is 4. The molecule has 0 aliphatic carbocycles. The Labute approximate surface area is 202 Å². The van der Waals surface area contributed by atoms with E-state index in [1.807, 2.05) is 19.1 Å². The lowest BCUT2D eigenvalue weighted by atomic mass is 9.94. The maximum atomic E-state index is 12.3. The predicted octanol–water partition coefficient (Wildman–Crippen LogP) is 4.01. The molecule has 4 heterocycles. The summed E-state index contributed by atoms with van der Waals surface area (Å²) in [6.45, 7) is 2.68. The van der Waals surface area contributed by atoms with Gasteiger partial charge in [0.15, 0.2) is 0 Å². The lowest BCUT2D eigenvalue weighted by Crippen LogP contribution is -2.38. The minimum atomic E-state index is -0.472. The summed E-state index contributed by atoms with van der Waals surface area (Å²) in [5.41, 5.74) is 4.54. The van der Waals surface area contributed by atoms with E-state index in [0.29, 0.717) is 47.5 Å². The molecule has 0 spiro atoms. The number of benzene rings is 1. The zero-order chi connectivity index (χ0) is 24.7. The summed E-state index contributed by atoms with van der Waals surface area (Å²) in [6, 6.07) is 9.16. The second kappa shape index (κ2) is 8.79. The van der Waals surface area contributed by atoms with Crippen LogP contribution in [-0.4, -0.2) is 61.2 Å². The van der Waals surface area contributed by atoms with E-state index in [0.717, 1.165) is 16.7 Å². The Morgan fingerprint density at radius 1 is 1.14 bits per heavy atom. The largest absolute Gasteiger partial charge is 0.485 e. The summed E-state index contributed by atoms with van der Waals surface area (Å²) in [5.74, 6) is 1.55. The van der Waals surface area contributed by atoms with E-state index in [1.54, 1.807) is 44.7 Å². The lowest BCUT2D eigenvalue weighted by molar-refractivity contribution is 0.0826. The fraction of sp³-hybridized carbons (Fsp3) is 0.280. The molecule has 35 heavy (non-hydrogen) atoms. The van der Waals surface area contributed by atoms with Crippen molar-refractivity contribution in [1.82, 2.24) is 14.9 Å². The van der Waals surface area contributed by atoms with E-state index in [4.69, 9.17) is 14.2 Å². The van der Waals surface area contributed by atoms with Crippen molar-refractivity contribution in [2.45, 2.75) is 13.0 Å². The van der Waals surface area contributed by atoms with Crippen molar-refractivity contribution in [1.29, 1.82) is 0 Å². The van der Waals surface area contributed by atoms with Crippen LogP contribution >= 0.6 is 0 Å². The second-order valence-corrected chi connectivity index (χ2v) is 8.47. The van der Waals surface area contributed by atoms with Crippen molar-refractivity contribution in [2.75, 3.05) is 44.6 Å². The van der Waals surface area contributed by atoms with Crippen LogP contribution in [-0.2, 0) is 4.74 Å². The van der Waals surface area contributed by atoms with Gasteiger partial charge < -0.3 is 24.4 Å². The van der Waals surface area contributed by atoms with Crippen LogP contribution in [0.2, 0.25) is 0 Å². The molecule has 3 aromatic rings. The first kappa shape index (κ1) is 22.5. The zero-order valence-corrected chi connectivity index (χ0v) is 19.9. The predicted molar refractivity (Wildman–Crippen MR) is 129 cm³/mol. The molecular weight excluding hydrogens is 450 g/mol. The van der Waals surface area contributed by atoms with Gasteiger partial charge in [0.1, 0.15) is 30.0 Å². The van der Waals surface area contributed by atoms with Gasteiger partial charge in [0.05, 0.1) is 25.5 Å². The third kappa shape index (κ3) is 4.07. The van der Waals surface area contributed by atoms with E-state index in [9.17, 15) is 9.59 Å². The maximum Gasteiger partial charge on any atom is 0.414 e. The number of pyridine rings is 2. The van der Waals surface area contributed by atoms with Gasteiger partial charge in [-0.15, -0.1) is 0 Å². The molecule has 1 atom stereocenters. The Morgan fingerprint density at radius 2 is 1.97 bits per heavy atom. The molecule has 10 heteroatoms. The number of nitrogens with one attached hydrogen (secondary N) is 1. The maximum absolute atomic E-state index is 12.3. The van der Waals surface area contributed by atoms with Gasteiger partial charge in [-0.2, -0.15) is 0 Å². The number of amides is 2. The van der Waals surface area contributed by atoms with Crippen LogP contribution in [0, 0.1) is 0 Å². The van der Waals surface area contributed by atoms with Gasteiger partial charge in [-0.1, -0.05) is 0 Å². The Balaban J connectivity index is 1.44. The Bertz CT molecular complexity index is 1330. The molecule has 0 bridgehead atoms. The van der Waals surface area contributed by atoms with Crippen molar-refractivity contribution in [3.8, 4) is 22.8 Å². The summed E-state index contributed by atoms with van der Waals surface area (Å²) in [4.78, 5) is 36.4. The first-order valence-corrected chi connectivity index (χ1v) is 11.1. The molecule has 2 aromatic heterocycles. The number of ether oxygens (including phenoxy) is 3. The number of carbonyl (C=O) groups is 2. The van der Waals surface area contributed by atoms with Crippen LogP contribution in [0.15, 0.2) is 42.7 Å². The number of aromatic nitrogens is 2. The molecule has 0 saturated heterocycles. The van der Waals surface area contributed by atoms with Gasteiger partial charge in [0.2, 0.25) is 5.88 Å². The van der Waals surface area contributed by atoms with E-state index in [2.05, 4.69) is 15.3 Å². The highest BCUT2D eigenvalue weighted by Crippen LogP contribution is 2.43. The van der Waals surface area contributed by atoms with Gasteiger partial charge in [0.25, 0.3) is 5.91 Å². The van der Waals surface area contributed by atoms with E-state index in [1.165, 1.54) is 16.9 Å². The average molecular weight is 476 g/mol. The molecule has 1 aromatic carbocycles. The number of anilines is 3. The molecule has 10 nitrogen and oxygen atoms in total. The summed E-state index contributed by atoms with van der Waals surface area (Å²) in [6.07, 6.45) is 2.70. The van der Waals surface area contributed by atoms with E-state index >= 15 is 0 Å². The molecule has 1 unspecified atom stereocenters. The van der Waals surface area contributed by atoms with Crippen molar-refractivity contribution in [3.05, 3.63) is 53.9 Å².